The first-order valence-corrected chi connectivity index (χ1v) is 14.2. The van der Waals surface area contributed by atoms with E-state index in [0.29, 0.717) is 41.4 Å². The third-order valence-electron chi connectivity index (χ3n) is 7.77. The lowest BCUT2D eigenvalue weighted by molar-refractivity contribution is -0.127. The number of nitrogens with one attached hydrogen (secondary N) is 1. The second-order valence-corrected chi connectivity index (χ2v) is 10.6. The number of amides is 2. The van der Waals surface area contributed by atoms with Crippen LogP contribution in [0, 0.1) is 5.82 Å². The van der Waals surface area contributed by atoms with E-state index < -0.39 is 6.04 Å². The molecule has 0 saturated heterocycles. The van der Waals surface area contributed by atoms with E-state index >= 15 is 0 Å². The summed E-state index contributed by atoms with van der Waals surface area (Å²) in [6.45, 7) is 0.931. The molecule has 1 unspecified atom stereocenters. The Bertz CT molecular complexity index is 1550. The Morgan fingerprint density at radius 1 is 0.927 bits per heavy atom. The predicted octanol–water partition coefficient (Wildman–Crippen LogP) is 5.98. The zero-order valence-corrected chi connectivity index (χ0v) is 22.7. The number of ether oxygens (including phenoxy) is 2. The Hall–Kier alpha value is -4.46. The summed E-state index contributed by atoms with van der Waals surface area (Å²) in [6, 6.07) is 19.6. The highest BCUT2D eigenvalue weighted by Crippen LogP contribution is 2.34. The molecule has 2 amide bonds. The van der Waals surface area contributed by atoms with Gasteiger partial charge >= 0.3 is 0 Å². The molecular weight excluding hydrogens is 521 g/mol. The smallest absolute Gasteiger partial charge is 0.255 e. The van der Waals surface area contributed by atoms with Crippen LogP contribution in [0.1, 0.15) is 59.6 Å². The van der Waals surface area contributed by atoms with Crippen LogP contribution in [0.25, 0.3) is 10.9 Å². The standard InChI is InChI=1S/C33H32FN3O4/c34-26-12-8-22(9-13-26)21-37(33(39)25-11-15-29-30(20-25)41-18-17-40-29)31(32(38)36-27-6-2-1-3-7-27)24-10-14-28-23(19-24)5-4-16-35-28/h4-5,8-16,19-20,27,31H,1-3,6-7,17-18,21H2,(H,36,38). The van der Waals surface area contributed by atoms with Crippen molar-refractivity contribution in [2.75, 3.05) is 13.2 Å². The van der Waals surface area contributed by atoms with E-state index in [9.17, 15) is 14.0 Å². The van der Waals surface area contributed by atoms with Gasteiger partial charge in [0.05, 0.1) is 5.52 Å². The average Bonchev–Trinajstić information content (AvgIpc) is 3.01. The third kappa shape index (κ3) is 6.01. The molecule has 3 aromatic carbocycles. The highest BCUT2D eigenvalue weighted by atomic mass is 19.1. The van der Waals surface area contributed by atoms with Crippen LogP contribution >= 0.6 is 0 Å². The third-order valence-corrected chi connectivity index (χ3v) is 7.77. The summed E-state index contributed by atoms with van der Waals surface area (Å²) in [7, 11) is 0. The fourth-order valence-corrected chi connectivity index (χ4v) is 5.67. The van der Waals surface area contributed by atoms with E-state index in [1.54, 1.807) is 41.4 Å². The molecule has 1 atom stereocenters. The van der Waals surface area contributed by atoms with Crippen molar-refractivity contribution in [1.82, 2.24) is 15.2 Å². The molecule has 2 heterocycles. The van der Waals surface area contributed by atoms with Gasteiger partial charge in [-0.05, 0) is 72.5 Å². The second kappa shape index (κ2) is 12.0. The van der Waals surface area contributed by atoms with E-state index in [1.807, 2.05) is 30.3 Å². The van der Waals surface area contributed by atoms with Gasteiger partial charge in [-0.3, -0.25) is 14.6 Å². The largest absolute Gasteiger partial charge is 0.486 e. The van der Waals surface area contributed by atoms with Gasteiger partial charge in [0.2, 0.25) is 5.91 Å². The van der Waals surface area contributed by atoms with Crippen molar-refractivity contribution in [3.05, 3.63) is 102 Å². The number of nitrogens with zero attached hydrogens (tertiary/aromatic N) is 2. The lowest BCUT2D eigenvalue weighted by Crippen LogP contribution is -2.46. The van der Waals surface area contributed by atoms with E-state index in [1.165, 1.54) is 12.1 Å². The molecule has 7 nitrogen and oxygen atoms in total. The fourth-order valence-electron chi connectivity index (χ4n) is 5.67. The molecule has 1 fully saturated rings. The molecule has 6 rings (SSSR count). The number of rotatable bonds is 7. The van der Waals surface area contributed by atoms with Crippen molar-refractivity contribution in [2.24, 2.45) is 0 Å². The van der Waals surface area contributed by atoms with Crippen LogP contribution < -0.4 is 14.8 Å². The van der Waals surface area contributed by atoms with Gasteiger partial charge in [-0.25, -0.2) is 4.39 Å². The Labute approximate surface area is 238 Å². The van der Waals surface area contributed by atoms with Crippen molar-refractivity contribution >= 4 is 22.7 Å². The van der Waals surface area contributed by atoms with Gasteiger partial charge in [-0.15, -0.1) is 0 Å². The molecule has 8 heteroatoms. The number of benzene rings is 3. The van der Waals surface area contributed by atoms with Crippen molar-refractivity contribution in [1.29, 1.82) is 0 Å². The van der Waals surface area contributed by atoms with Crippen LogP contribution in [-0.4, -0.2) is 41.0 Å². The zero-order chi connectivity index (χ0) is 28.2. The van der Waals surface area contributed by atoms with E-state index in [-0.39, 0.29) is 30.2 Å². The monoisotopic (exact) mass is 553 g/mol. The number of aromatic nitrogens is 1. The minimum absolute atomic E-state index is 0.0536. The fraction of sp³-hybridized carbons (Fsp3) is 0.303. The van der Waals surface area contributed by atoms with Crippen molar-refractivity contribution in [3.63, 3.8) is 0 Å². The first-order valence-electron chi connectivity index (χ1n) is 14.2. The Kier molecular flexibility index (Phi) is 7.80. The summed E-state index contributed by atoms with van der Waals surface area (Å²) in [6.07, 6.45) is 6.83. The van der Waals surface area contributed by atoms with Crippen molar-refractivity contribution < 1.29 is 23.5 Å². The molecule has 1 N–H and O–H groups in total. The number of hydrogen-bond donors (Lipinski definition) is 1. The average molecular weight is 554 g/mol. The van der Waals surface area contributed by atoms with Gasteiger partial charge in [0.15, 0.2) is 11.5 Å². The number of carbonyl (C=O) groups is 2. The van der Waals surface area contributed by atoms with Crippen LogP contribution in [0.5, 0.6) is 11.5 Å². The van der Waals surface area contributed by atoms with Gasteiger partial charge in [0.1, 0.15) is 25.1 Å². The second-order valence-electron chi connectivity index (χ2n) is 10.6. The van der Waals surface area contributed by atoms with Crippen LogP contribution in [0.4, 0.5) is 4.39 Å². The highest BCUT2D eigenvalue weighted by Gasteiger charge is 2.34. The van der Waals surface area contributed by atoms with Gasteiger partial charge in [-0.1, -0.05) is 43.5 Å². The van der Waals surface area contributed by atoms with Crippen LogP contribution in [-0.2, 0) is 11.3 Å². The lowest BCUT2D eigenvalue weighted by Gasteiger charge is -2.34. The van der Waals surface area contributed by atoms with Crippen molar-refractivity contribution in [3.8, 4) is 11.5 Å². The highest BCUT2D eigenvalue weighted by molar-refractivity contribution is 5.99. The maximum absolute atomic E-state index is 14.3. The normalized spacial score (nSPS) is 15.7. The summed E-state index contributed by atoms with van der Waals surface area (Å²) in [4.78, 5) is 34.5. The maximum atomic E-state index is 14.3. The maximum Gasteiger partial charge on any atom is 0.255 e. The molecule has 0 spiro atoms. The zero-order valence-electron chi connectivity index (χ0n) is 22.7. The summed E-state index contributed by atoms with van der Waals surface area (Å²) in [5.41, 5.74) is 2.54. The van der Waals surface area contributed by atoms with Crippen LogP contribution in [0.15, 0.2) is 79.0 Å². The van der Waals surface area contributed by atoms with Gasteiger partial charge < -0.3 is 19.7 Å². The van der Waals surface area contributed by atoms with Crippen LogP contribution in [0.3, 0.4) is 0 Å². The van der Waals surface area contributed by atoms with Crippen LogP contribution in [0.2, 0.25) is 0 Å². The van der Waals surface area contributed by atoms with Crippen molar-refractivity contribution in [2.45, 2.75) is 50.7 Å². The van der Waals surface area contributed by atoms with E-state index in [0.717, 1.165) is 43.0 Å². The summed E-state index contributed by atoms with van der Waals surface area (Å²) in [5.74, 6) is 0.108. The SMILES string of the molecule is O=C(NC1CCCCC1)C(c1ccc2ncccc2c1)N(Cc1ccc(F)cc1)C(=O)c1ccc2c(c1)OCCO2. The molecule has 2 aliphatic rings. The first kappa shape index (κ1) is 26.7. The van der Waals surface area contributed by atoms with Gasteiger partial charge in [0, 0.05) is 29.7 Å². The number of fused-ring (bicyclic) bond motifs is 2. The molecule has 1 aromatic heterocycles. The first-order chi connectivity index (χ1) is 20.0. The quantitative estimate of drug-likeness (QED) is 0.305. The number of hydrogen-bond acceptors (Lipinski definition) is 5. The van der Waals surface area contributed by atoms with E-state index in [4.69, 9.17) is 9.47 Å². The minimum Gasteiger partial charge on any atom is -0.486 e. The lowest BCUT2D eigenvalue weighted by atomic mass is 9.94. The molecule has 1 aliphatic heterocycles. The summed E-state index contributed by atoms with van der Waals surface area (Å²) >= 11 is 0. The van der Waals surface area contributed by atoms with Gasteiger partial charge in [-0.2, -0.15) is 0 Å². The minimum atomic E-state index is -0.938. The molecule has 4 aromatic rings. The summed E-state index contributed by atoms with van der Waals surface area (Å²) < 4.78 is 25.2. The van der Waals surface area contributed by atoms with Gasteiger partial charge in [0.25, 0.3) is 5.91 Å². The molecule has 1 aliphatic carbocycles. The summed E-state index contributed by atoms with van der Waals surface area (Å²) in [5, 5.41) is 4.11. The molecular formula is C33H32FN3O4. The molecule has 210 valence electrons. The topological polar surface area (TPSA) is 80.8 Å². The van der Waals surface area contributed by atoms with E-state index in [2.05, 4.69) is 10.3 Å². The Morgan fingerprint density at radius 2 is 1.71 bits per heavy atom. The molecule has 1 saturated carbocycles. The number of halogens is 1. The number of carbonyl (C=O) groups excluding carboxylic acids is 2. The molecule has 0 radical (unpaired) electrons. The predicted molar refractivity (Wildman–Crippen MR) is 153 cm³/mol. The Morgan fingerprint density at radius 3 is 2.51 bits per heavy atom. The Balaban J connectivity index is 1.43. The molecule has 0 bridgehead atoms. The number of pyridine rings is 1. The molecule has 41 heavy (non-hydrogen) atoms.